The van der Waals surface area contributed by atoms with Crippen molar-refractivity contribution in [2.75, 3.05) is 13.7 Å². The van der Waals surface area contributed by atoms with Crippen LogP contribution in [0.15, 0.2) is 53.3 Å². The molecule has 0 spiro atoms. The van der Waals surface area contributed by atoms with Crippen LogP contribution in [0.4, 0.5) is 4.79 Å². The van der Waals surface area contributed by atoms with Crippen LogP contribution >= 0.6 is 0 Å². The average Bonchev–Trinajstić information content (AvgIpc) is 3.49. The van der Waals surface area contributed by atoms with E-state index in [1.54, 1.807) is 19.2 Å². The second-order valence-electron chi connectivity index (χ2n) is 7.33. The zero-order valence-electron chi connectivity index (χ0n) is 17.2. The van der Waals surface area contributed by atoms with Crippen molar-refractivity contribution in [2.24, 2.45) is 0 Å². The van der Waals surface area contributed by atoms with E-state index in [9.17, 15) is 14.4 Å². The van der Waals surface area contributed by atoms with Gasteiger partial charge in [0.25, 0.3) is 5.91 Å². The Labute approximate surface area is 178 Å². The molecule has 9 nitrogen and oxygen atoms in total. The van der Waals surface area contributed by atoms with Gasteiger partial charge >= 0.3 is 6.03 Å². The Bertz CT molecular complexity index is 1090. The fraction of sp³-hybridized carbons (Fsp3) is 0.318. The van der Waals surface area contributed by atoms with Crippen molar-refractivity contribution in [1.82, 2.24) is 20.1 Å². The number of nitrogens with zero attached hydrogens (tertiary/aromatic N) is 2. The number of hydrogen-bond acceptors (Lipinski definition) is 5. The summed E-state index contributed by atoms with van der Waals surface area (Å²) >= 11 is 0. The second-order valence-corrected chi connectivity index (χ2v) is 7.33. The predicted octanol–water partition coefficient (Wildman–Crippen LogP) is 2.26. The molecule has 9 heteroatoms. The topological polar surface area (TPSA) is 106 Å². The molecule has 162 valence electrons. The van der Waals surface area contributed by atoms with E-state index in [0.29, 0.717) is 18.8 Å². The largest absolute Gasteiger partial charge is 0.497 e. The fourth-order valence-corrected chi connectivity index (χ4v) is 3.66. The number of aromatic nitrogens is 1. The van der Waals surface area contributed by atoms with Gasteiger partial charge in [0, 0.05) is 36.6 Å². The summed E-state index contributed by atoms with van der Waals surface area (Å²) in [5.41, 5.74) is 1.06. The molecule has 3 heterocycles. The minimum atomic E-state index is -0.698. The maximum absolute atomic E-state index is 12.5. The molecular weight excluding hydrogens is 400 g/mol. The quantitative estimate of drug-likeness (QED) is 0.513. The first kappa shape index (κ1) is 20.5. The lowest BCUT2D eigenvalue weighted by molar-refractivity contribution is -0.128. The average molecular weight is 424 g/mol. The van der Waals surface area contributed by atoms with Crippen LogP contribution in [0.25, 0.3) is 10.9 Å². The molecule has 0 radical (unpaired) electrons. The lowest BCUT2D eigenvalue weighted by Gasteiger charge is -2.11. The summed E-state index contributed by atoms with van der Waals surface area (Å²) in [5.74, 6) is 0.820. The van der Waals surface area contributed by atoms with Gasteiger partial charge in [-0.05, 0) is 42.8 Å². The Balaban J connectivity index is 1.23. The Morgan fingerprint density at radius 1 is 1.26 bits per heavy atom. The summed E-state index contributed by atoms with van der Waals surface area (Å²) in [4.78, 5) is 37.8. The normalized spacial score (nSPS) is 16.0. The van der Waals surface area contributed by atoms with Crippen molar-refractivity contribution in [2.45, 2.75) is 32.0 Å². The highest BCUT2D eigenvalue weighted by molar-refractivity contribution is 6.04. The molecule has 0 saturated carbocycles. The number of ether oxygens (including phenoxy) is 1. The van der Waals surface area contributed by atoms with E-state index >= 15 is 0 Å². The number of urea groups is 1. The van der Waals surface area contributed by atoms with Crippen LogP contribution in [0.2, 0.25) is 0 Å². The van der Waals surface area contributed by atoms with Crippen LogP contribution in [-0.4, -0.2) is 47.0 Å². The van der Waals surface area contributed by atoms with Gasteiger partial charge in [0.05, 0.1) is 19.9 Å². The summed E-state index contributed by atoms with van der Waals surface area (Å²) in [6, 6.07) is 10.1. The van der Waals surface area contributed by atoms with E-state index in [4.69, 9.17) is 9.15 Å². The maximum atomic E-state index is 12.5. The minimum Gasteiger partial charge on any atom is -0.497 e. The number of amides is 4. The Morgan fingerprint density at radius 2 is 2.13 bits per heavy atom. The SMILES string of the molecule is COc1ccc2c(ccn2CCNC(=O)CCC2NC(=O)N(Cc3ccco3)C2=O)c1. The molecule has 4 rings (SSSR count). The zero-order chi connectivity index (χ0) is 21.8. The Morgan fingerprint density at radius 3 is 2.90 bits per heavy atom. The number of benzene rings is 1. The van der Waals surface area contributed by atoms with Gasteiger partial charge in [0.2, 0.25) is 5.91 Å². The van der Waals surface area contributed by atoms with Gasteiger partial charge in [0.15, 0.2) is 0 Å². The van der Waals surface area contributed by atoms with Crippen molar-refractivity contribution in [3.63, 3.8) is 0 Å². The standard InChI is InChI=1S/C22H24N4O5/c1-30-16-4-6-19-15(13-16)8-10-25(19)11-9-23-20(27)7-5-18-21(28)26(22(29)24-18)14-17-3-2-12-31-17/h2-4,6,8,10,12-13,18H,5,7,9,11,14H2,1H3,(H,23,27)(H,24,29). The number of furan rings is 1. The monoisotopic (exact) mass is 424 g/mol. The van der Waals surface area contributed by atoms with Crippen LogP contribution in [0, 0.1) is 0 Å². The third-order valence-corrected chi connectivity index (χ3v) is 5.31. The van der Waals surface area contributed by atoms with Gasteiger partial charge < -0.3 is 24.4 Å². The molecule has 1 aromatic carbocycles. The molecule has 2 aromatic heterocycles. The molecule has 1 saturated heterocycles. The number of hydrogen-bond donors (Lipinski definition) is 2. The fourth-order valence-electron chi connectivity index (χ4n) is 3.66. The molecule has 1 atom stereocenters. The van der Waals surface area contributed by atoms with Crippen molar-refractivity contribution >= 4 is 28.7 Å². The number of carbonyl (C=O) groups is 3. The van der Waals surface area contributed by atoms with Crippen LogP contribution in [0.1, 0.15) is 18.6 Å². The van der Waals surface area contributed by atoms with Gasteiger partial charge in [0.1, 0.15) is 17.6 Å². The highest BCUT2D eigenvalue weighted by Crippen LogP contribution is 2.21. The first-order valence-electron chi connectivity index (χ1n) is 10.1. The molecule has 31 heavy (non-hydrogen) atoms. The van der Waals surface area contributed by atoms with E-state index in [-0.39, 0.29) is 31.2 Å². The Hall–Kier alpha value is -3.75. The van der Waals surface area contributed by atoms with E-state index in [1.165, 1.54) is 6.26 Å². The molecule has 1 aliphatic heterocycles. The highest BCUT2D eigenvalue weighted by Gasteiger charge is 2.38. The lowest BCUT2D eigenvalue weighted by Crippen LogP contribution is -2.33. The molecule has 0 aliphatic carbocycles. The summed E-state index contributed by atoms with van der Waals surface area (Å²) in [5, 5.41) is 6.57. The van der Waals surface area contributed by atoms with Crippen molar-refractivity contribution in [3.05, 3.63) is 54.6 Å². The third-order valence-electron chi connectivity index (χ3n) is 5.31. The number of fused-ring (bicyclic) bond motifs is 1. The van der Waals surface area contributed by atoms with E-state index in [0.717, 1.165) is 21.6 Å². The van der Waals surface area contributed by atoms with Gasteiger partial charge in [-0.15, -0.1) is 0 Å². The third kappa shape index (κ3) is 4.55. The van der Waals surface area contributed by atoms with Crippen molar-refractivity contribution in [1.29, 1.82) is 0 Å². The summed E-state index contributed by atoms with van der Waals surface area (Å²) < 4.78 is 12.5. The number of carbonyl (C=O) groups excluding carboxylic acids is 3. The molecule has 1 unspecified atom stereocenters. The van der Waals surface area contributed by atoms with Crippen molar-refractivity contribution < 1.29 is 23.5 Å². The van der Waals surface area contributed by atoms with Gasteiger partial charge in [-0.2, -0.15) is 0 Å². The van der Waals surface area contributed by atoms with Crippen LogP contribution in [0.3, 0.4) is 0 Å². The van der Waals surface area contributed by atoms with Crippen LogP contribution in [0.5, 0.6) is 5.75 Å². The Kier molecular flexibility index (Phi) is 5.92. The number of nitrogens with one attached hydrogen (secondary N) is 2. The summed E-state index contributed by atoms with van der Waals surface area (Å²) in [6.07, 6.45) is 3.85. The molecule has 1 fully saturated rings. The smallest absolute Gasteiger partial charge is 0.325 e. The molecule has 4 amide bonds. The maximum Gasteiger partial charge on any atom is 0.325 e. The van der Waals surface area contributed by atoms with Gasteiger partial charge in [-0.25, -0.2) is 4.79 Å². The van der Waals surface area contributed by atoms with E-state index in [2.05, 4.69) is 15.2 Å². The highest BCUT2D eigenvalue weighted by atomic mass is 16.5. The van der Waals surface area contributed by atoms with Gasteiger partial charge in [-0.1, -0.05) is 0 Å². The molecular formula is C22H24N4O5. The van der Waals surface area contributed by atoms with Crippen LogP contribution in [-0.2, 0) is 22.7 Å². The van der Waals surface area contributed by atoms with Crippen molar-refractivity contribution in [3.8, 4) is 5.75 Å². The van der Waals surface area contributed by atoms with Crippen LogP contribution < -0.4 is 15.4 Å². The van der Waals surface area contributed by atoms with E-state index < -0.39 is 12.1 Å². The molecule has 2 N–H and O–H groups in total. The number of imide groups is 1. The lowest BCUT2D eigenvalue weighted by atomic mass is 10.1. The summed E-state index contributed by atoms with van der Waals surface area (Å²) in [7, 11) is 1.63. The predicted molar refractivity (Wildman–Crippen MR) is 112 cm³/mol. The number of rotatable bonds is 9. The minimum absolute atomic E-state index is 0.0804. The zero-order valence-corrected chi connectivity index (χ0v) is 17.2. The second kappa shape index (κ2) is 8.95. The number of methoxy groups -OCH3 is 1. The first-order chi connectivity index (χ1) is 15.0. The summed E-state index contributed by atoms with van der Waals surface area (Å²) in [6.45, 7) is 1.17. The molecule has 0 bridgehead atoms. The van der Waals surface area contributed by atoms with E-state index in [1.807, 2.05) is 30.5 Å². The molecule has 3 aromatic rings. The first-order valence-corrected chi connectivity index (χ1v) is 10.1. The molecule has 1 aliphatic rings. The van der Waals surface area contributed by atoms with Gasteiger partial charge in [-0.3, -0.25) is 14.5 Å².